The molecule has 0 aliphatic heterocycles. The van der Waals surface area contributed by atoms with Crippen molar-refractivity contribution in [3.8, 4) is 16.5 Å². The van der Waals surface area contributed by atoms with Gasteiger partial charge in [-0.1, -0.05) is 24.3 Å². The maximum absolute atomic E-state index is 11.9. The number of thiophene rings is 1. The molecule has 0 fully saturated rings. The SMILES string of the molecule is Cc1ccccc1OCCC(=O)OCc1nc(-c2cccs2)oc1C. The lowest BCUT2D eigenvalue weighted by Gasteiger charge is -2.08. The molecule has 0 radical (unpaired) electrons. The molecule has 0 unspecified atom stereocenters. The van der Waals surface area contributed by atoms with E-state index in [0.29, 0.717) is 17.3 Å². The summed E-state index contributed by atoms with van der Waals surface area (Å²) in [5.74, 6) is 1.67. The molecule has 2 heterocycles. The first-order valence-corrected chi connectivity index (χ1v) is 8.85. The van der Waals surface area contributed by atoms with Crippen LogP contribution in [0, 0.1) is 13.8 Å². The monoisotopic (exact) mass is 357 g/mol. The highest BCUT2D eigenvalue weighted by molar-refractivity contribution is 7.13. The second-order valence-electron chi connectivity index (χ2n) is 5.52. The summed E-state index contributed by atoms with van der Waals surface area (Å²) in [5, 5.41) is 1.96. The Labute approximate surface area is 150 Å². The molecule has 1 aromatic carbocycles. The first-order valence-electron chi connectivity index (χ1n) is 7.97. The van der Waals surface area contributed by atoms with Crippen LogP contribution in [0.15, 0.2) is 46.2 Å². The summed E-state index contributed by atoms with van der Waals surface area (Å²) in [6.07, 6.45) is 0.184. The Balaban J connectivity index is 1.47. The van der Waals surface area contributed by atoms with Gasteiger partial charge >= 0.3 is 5.97 Å². The van der Waals surface area contributed by atoms with E-state index in [2.05, 4.69) is 4.98 Å². The zero-order valence-corrected chi connectivity index (χ0v) is 15.0. The van der Waals surface area contributed by atoms with Crippen molar-refractivity contribution in [2.45, 2.75) is 26.9 Å². The Morgan fingerprint density at radius 1 is 1.20 bits per heavy atom. The average molecular weight is 357 g/mol. The molecule has 0 bridgehead atoms. The van der Waals surface area contributed by atoms with Crippen LogP contribution in [0.3, 0.4) is 0 Å². The number of hydrogen-bond donors (Lipinski definition) is 0. The average Bonchev–Trinajstić information content (AvgIpc) is 3.24. The van der Waals surface area contributed by atoms with Gasteiger partial charge in [0, 0.05) is 0 Å². The molecular weight excluding hydrogens is 338 g/mol. The van der Waals surface area contributed by atoms with E-state index >= 15 is 0 Å². The summed E-state index contributed by atoms with van der Waals surface area (Å²) in [5.41, 5.74) is 1.67. The summed E-state index contributed by atoms with van der Waals surface area (Å²) in [7, 11) is 0. The van der Waals surface area contributed by atoms with Gasteiger partial charge in [-0.3, -0.25) is 4.79 Å². The summed E-state index contributed by atoms with van der Waals surface area (Å²) in [4.78, 5) is 17.2. The van der Waals surface area contributed by atoms with Crippen molar-refractivity contribution in [1.29, 1.82) is 0 Å². The summed E-state index contributed by atoms with van der Waals surface area (Å²) >= 11 is 1.55. The number of hydrogen-bond acceptors (Lipinski definition) is 6. The number of carbonyl (C=O) groups is 1. The van der Waals surface area contributed by atoms with Gasteiger partial charge in [-0.15, -0.1) is 11.3 Å². The molecule has 6 heteroatoms. The van der Waals surface area contributed by atoms with Crippen LogP contribution in [-0.4, -0.2) is 17.6 Å². The molecule has 0 N–H and O–H groups in total. The molecule has 25 heavy (non-hydrogen) atoms. The first-order chi connectivity index (χ1) is 12.1. The maximum atomic E-state index is 11.9. The van der Waals surface area contributed by atoms with Crippen LogP contribution in [0.25, 0.3) is 10.8 Å². The van der Waals surface area contributed by atoms with Gasteiger partial charge in [0.1, 0.15) is 23.8 Å². The molecule has 0 atom stereocenters. The van der Waals surface area contributed by atoms with E-state index in [4.69, 9.17) is 13.9 Å². The topological polar surface area (TPSA) is 61.6 Å². The largest absolute Gasteiger partial charge is 0.493 e. The van der Waals surface area contributed by atoms with Gasteiger partial charge in [-0.05, 0) is 36.9 Å². The summed E-state index contributed by atoms with van der Waals surface area (Å²) < 4.78 is 16.5. The fraction of sp³-hybridized carbons (Fsp3) is 0.263. The smallest absolute Gasteiger partial charge is 0.309 e. The number of para-hydroxylation sites is 1. The standard InChI is InChI=1S/C19H19NO4S/c1-13-6-3-4-7-16(13)22-10-9-18(21)23-12-15-14(2)24-19(20-15)17-8-5-11-25-17/h3-8,11H,9-10,12H2,1-2H3. The molecule has 2 aromatic heterocycles. The number of aryl methyl sites for hydroxylation is 2. The number of nitrogens with zero attached hydrogens (tertiary/aromatic N) is 1. The van der Waals surface area contributed by atoms with Gasteiger partial charge in [-0.2, -0.15) is 0 Å². The Morgan fingerprint density at radius 3 is 2.80 bits per heavy atom. The van der Waals surface area contributed by atoms with Crippen LogP contribution in [0.1, 0.15) is 23.4 Å². The van der Waals surface area contributed by atoms with Crippen molar-refractivity contribution in [2.24, 2.45) is 0 Å². The van der Waals surface area contributed by atoms with Gasteiger partial charge < -0.3 is 13.9 Å². The third kappa shape index (κ3) is 4.48. The van der Waals surface area contributed by atoms with Crippen molar-refractivity contribution < 1.29 is 18.7 Å². The number of benzene rings is 1. The highest BCUT2D eigenvalue weighted by Gasteiger charge is 2.14. The van der Waals surface area contributed by atoms with Gasteiger partial charge in [0.2, 0.25) is 5.89 Å². The predicted octanol–water partition coefficient (Wildman–Crippen LogP) is 4.53. The molecule has 0 amide bonds. The van der Waals surface area contributed by atoms with Crippen LogP contribution in [0.2, 0.25) is 0 Å². The third-order valence-electron chi connectivity index (χ3n) is 3.65. The van der Waals surface area contributed by atoms with E-state index in [9.17, 15) is 4.79 Å². The minimum absolute atomic E-state index is 0.101. The number of rotatable bonds is 7. The fourth-order valence-corrected chi connectivity index (χ4v) is 2.90. The van der Waals surface area contributed by atoms with Crippen molar-refractivity contribution in [1.82, 2.24) is 4.98 Å². The molecule has 0 saturated heterocycles. The Hall–Kier alpha value is -2.60. The zero-order chi connectivity index (χ0) is 17.6. The van der Waals surface area contributed by atoms with Crippen molar-refractivity contribution in [2.75, 3.05) is 6.61 Å². The second kappa shape index (κ2) is 7.98. The molecule has 0 saturated carbocycles. The number of aromatic nitrogens is 1. The zero-order valence-electron chi connectivity index (χ0n) is 14.2. The van der Waals surface area contributed by atoms with E-state index < -0.39 is 0 Å². The van der Waals surface area contributed by atoms with E-state index in [1.54, 1.807) is 11.3 Å². The molecule has 3 rings (SSSR count). The normalized spacial score (nSPS) is 10.6. The number of esters is 1. The fourth-order valence-electron chi connectivity index (χ4n) is 2.25. The Morgan fingerprint density at radius 2 is 2.04 bits per heavy atom. The highest BCUT2D eigenvalue weighted by Crippen LogP contribution is 2.26. The Bertz CT molecular complexity index is 839. The van der Waals surface area contributed by atoms with Crippen LogP contribution < -0.4 is 4.74 Å². The molecule has 0 aliphatic carbocycles. The molecule has 5 nitrogen and oxygen atoms in total. The first kappa shape index (κ1) is 17.2. The van der Waals surface area contributed by atoms with Crippen LogP contribution >= 0.6 is 11.3 Å². The lowest BCUT2D eigenvalue weighted by molar-refractivity contribution is -0.145. The van der Waals surface area contributed by atoms with E-state index in [0.717, 1.165) is 16.2 Å². The van der Waals surface area contributed by atoms with Crippen LogP contribution in [-0.2, 0) is 16.1 Å². The lowest BCUT2D eigenvalue weighted by atomic mass is 10.2. The van der Waals surface area contributed by atoms with Crippen molar-refractivity contribution in [3.63, 3.8) is 0 Å². The van der Waals surface area contributed by atoms with E-state index in [-0.39, 0.29) is 25.6 Å². The van der Waals surface area contributed by atoms with Crippen LogP contribution in [0.5, 0.6) is 5.75 Å². The van der Waals surface area contributed by atoms with Gasteiger partial charge in [0.05, 0.1) is 17.9 Å². The Kier molecular flexibility index (Phi) is 5.50. The lowest BCUT2D eigenvalue weighted by Crippen LogP contribution is -2.10. The van der Waals surface area contributed by atoms with Gasteiger partial charge in [0.15, 0.2) is 0 Å². The maximum Gasteiger partial charge on any atom is 0.309 e. The van der Waals surface area contributed by atoms with Crippen LogP contribution in [0.4, 0.5) is 0 Å². The molecule has 0 aliphatic rings. The molecule has 130 valence electrons. The highest BCUT2D eigenvalue weighted by atomic mass is 32.1. The van der Waals surface area contributed by atoms with E-state index in [1.165, 1.54) is 0 Å². The third-order valence-corrected chi connectivity index (χ3v) is 4.51. The number of carbonyl (C=O) groups excluding carboxylic acids is 1. The van der Waals surface area contributed by atoms with Crippen molar-refractivity contribution in [3.05, 3.63) is 58.8 Å². The van der Waals surface area contributed by atoms with Gasteiger partial charge in [0.25, 0.3) is 0 Å². The minimum atomic E-state index is -0.325. The molecule has 3 aromatic rings. The van der Waals surface area contributed by atoms with Crippen molar-refractivity contribution >= 4 is 17.3 Å². The quantitative estimate of drug-likeness (QED) is 0.581. The summed E-state index contributed by atoms with van der Waals surface area (Å²) in [6, 6.07) is 11.6. The minimum Gasteiger partial charge on any atom is -0.493 e. The van der Waals surface area contributed by atoms with E-state index in [1.807, 2.05) is 55.6 Å². The predicted molar refractivity (Wildman–Crippen MR) is 95.6 cm³/mol. The molecular formula is C19H19NO4S. The summed E-state index contributed by atoms with van der Waals surface area (Å²) in [6.45, 7) is 4.16. The number of oxazole rings is 1. The number of ether oxygens (including phenoxy) is 2. The van der Waals surface area contributed by atoms with Gasteiger partial charge in [-0.25, -0.2) is 4.98 Å². The molecule has 0 spiro atoms. The second-order valence-corrected chi connectivity index (χ2v) is 6.47.